The van der Waals surface area contributed by atoms with E-state index in [1.54, 1.807) is 11.3 Å². The van der Waals surface area contributed by atoms with Crippen molar-refractivity contribution >= 4 is 39.7 Å². The molecule has 100 valence electrons. The largest absolute Gasteiger partial charge is 0.476 e. The highest BCUT2D eigenvalue weighted by Crippen LogP contribution is 2.16. The highest BCUT2D eigenvalue weighted by molar-refractivity contribution is 7.14. The topological polar surface area (TPSA) is 105 Å². The molecular formula is C11H11N3O3S2. The molecule has 1 atom stereocenters. The maximum Gasteiger partial charge on any atom is 0.355 e. The van der Waals surface area contributed by atoms with E-state index in [9.17, 15) is 9.59 Å². The van der Waals surface area contributed by atoms with Gasteiger partial charge in [-0.3, -0.25) is 4.79 Å². The van der Waals surface area contributed by atoms with E-state index in [1.807, 2.05) is 16.8 Å². The van der Waals surface area contributed by atoms with E-state index in [1.165, 1.54) is 5.38 Å². The molecule has 1 unspecified atom stereocenters. The maximum atomic E-state index is 11.8. The van der Waals surface area contributed by atoms with Crippen LogP contribution >= 0.6 is 22.7 Å². The van der Waals surface area contributed by atoms with Gasteiger partial charge in [0.15, 0.2) is 10.8 Å². The van der Waals surface area contributed by atoms with Crippen molar-refractivity contribution in [3.63, 3.8) is 0 Å². The standard InChI is InChI=1S/C11H11N3O3S2/c12-7(3-6-1-2-18-4-6)9(15)14-11-13-8(5-19-11)10(16)17/h1-2,4-5,7H,3,12H2,(H,16,17)(H,13,14,15). The van der Waals surface area contributed by atoms with Gasteiger partial charge >= 0.3 is 5.97 Å². The number of hydrogen-bond acceptors (Lipinski definition) is 6. The summed E-state index contributed by atoms with van der Waals surface area (Å²) in [5.41, 5.74) is 6.68. The Morgan fingerprint density at radius 3 is 2.84 bits per heavy atom. The van der Waals surface area contributed by atoms with E-state index in [2.05, 4.69) is 10.3 Å². The summed E-state index contributed by atoms with van der Waals surface area (Å²) < 4.78 is 0. The lowest BCUT2D eigenvalue weighted by Crippen LogP contribution is -2.37. The molecule has 8 heteroatoms. The molecule has 0 aliphatic carbocycles. The number of aromatic carboxylic acids is 1. The number of carboxylic acid groups (broad SMARTS) is 1. The van der Waals surface area contributed by atoms with Crippen LogP contribution in [0.3, 0.4) is 0 Å². The zero-order valence-corrected chi connectivity index (χ0v) is 11.3. The second kappa shape index (κ2) is 5.91. The van der Waals surface area contributed by atoms with Crippen molar-refractivity contribution in [2.75, 3.05) is 5.32 Å². The average molecular weight is 297 g/mol. The van der Waals surface area contributed by atoms with Gasteiger partial charge < -0.3 is 16.2 Å². The van der Waals surface area contributed by atoms with Crippen molar-refractivity contribution in [2.24, 2.45) is 5.73 Å². The number of hydrogen-bond donors (Lipinski definition) is 3. The molecule has 0 spiro atoms. The molecule has 0 aromatic carbocycles. The number of nitrogens with two attached hydrogens (primary N) is 1. The Balaban J connectivity index is 1.94. The molecule has 0 bridgehead atoms. The molecule has 4 N–H and O–H groups in total. The Morgan fingerprint density at radius 2 is 2.26 bits per heavy atom. The van der Waals surface area contributed by atoms with E-state index >= 15 is 0 Å². The second-order valence-corrected chi connectivity index (χ2v) is 5.41. The van der Waals surface area contributed by atoms with Crippen LogP contribution in [0.5, 0.6) is 0 Å². The van der Waals surface area contributed by atoms with Gasteiger partial charge in [-0.15, -0.1) is 11.3 Å². The van der Waals surface area contributed by atoms with Gasteiger partial charge in [0, 0.05) is 5.38 Å². The van der Waals surface area contributed by atoms with Crippen molar-refractivity contribution < 1.29 is 14.7 Å². The normalized spacial score (nSPS) is 12.1. The number of nitrogens with one attached hydrogen (secondary N) is 1. The Bertz CT molecular complexity index is 580. The summed E-state index contributed by atoms with van der Waals surface area (Å²) in [6.07, 6.45) is 0.437. The molecule has 0 saturated carbocycles. The van der Waals surface area contributed by atoms with Crippen LogP contribution in [0.4, 0.5) is 5.13 Å². The summed E-state index contributed by atoms with van der Waals surface area (Å²) in [6, 6.07) is 1.22. The fraction of sp³-hybridized carbons (Fsp3) is 0.182. The van der Waals surface area contributed by atoms with Crippen LogP contribution in [0.15, 0.2) is 22.2 Å². The quantitative estimate of drug-likeness (QED) is 0.774. The first-order chi connectivity index (χ1) is 9.06. The fourth-order valence-electron chi connectivity index (χ4n) is 1.38. The smallest absolute Gasteiger partial charge is 0.355 e. The van der Waals surface area contributed by atoms with Crippen molar-refractivity contribution in [1.29, 1.82) is 0 Å². The maximum absolute atomic E-state index is 11.8. The Morgan fingerprint density at radius 1 is 1.47 bits per heavy atom. The van der Waals surface area contributed by atoms with Crippen LogP contribution in [0.2, 0.25) is 0 Å². The zero-order chi connectivity index (χ0) is 13.8. The minimum Gasteiger partial charge on any atom is -0.476 e. The lowest BCUT2D eigenvalue weighted by atomic mass is 10.1. The molecule has 19 heavy (non-hydrogen) atoms. The molecule has 0 radical (unpaired) electrons. The number of anilines is 1. The van der Waals surface area contributed by atoms with Crippen LogP contribution in [-0.2, 0) is 11.2 Å². The number of carbonyl (C=O) groups is 2. The highest BCUT2D eigenvalue weighted by Gasteiger charge is 2.17. The molecule has 1 amide bonds. The van der Waals surface area contributed by atoms with Crippen LogP contribution in [0.25, 0.3) is 0 Å². The number of carboxylic acids is 1. The Hall–Kier alpha value is -1.77. The zero-order valence-electron chi connectivity index (χ0n) is 9.70. The summed E-state index contributed by atoms with van der Waals surface area (Å²) in [7, 11) is 0. The first-order valence-electron chi connectivity index (χ1n) is 5.32. The monoisotopic (exact) mass is 297 g/mol. The number of thiophene rings is 1. The number of aromatic nitrogens is 1. The molecular weight excluding hydrogens is 286 g/mol. The number of thiazole rings is 1. The Labute approximate surface area is 116 Å². The fourth-order valence-corrected chi connectivity index (χ4v) is 2.75. The molecule has 0 aliphatic rings. The van der Waals surface area contributed by atoms with Gasteiger partial charge in [0.2, 0.25) is 5.91 Å². The van der Waals surface area contributed by atoms with Gasteiger partial charge in [-0.1, -0.05) is 0 Å². The summed E-state index contributed by atoms with van der Waals surface area (Å²) >= 11 is 2.60. The predicted molar refractivity (Wildman–Crippen MR) is 73.7 cm³/mol. The molecule has 0 fully saturated rings. The van der Waals surface area contributed by atoms with Gasteiger partial charge in [0.1, 0.15) is 0 Å². The van der Waals surface area contributed by atoms with Crippen LogP contribution < -0.4 is 11.1 Å². The number of rotatable bonds is 5. The molecule has 6 nitrogen and oxygen atoms in total. The molecule has 0 aliphatic heterocycles. The Kier molecular flexibility index (Phi) is 4.25. The lowest BCUT2D eigenvalue weighted by molar-refractivity contribution is -0.117. The first kappa shape index (κ1) is 13.7. The van der Waals surface area contributed by atoms with E-state index < -0.39 is 12.0 Å². The third-order valence-electron chi connectivity index (χ3n) is 2.33. The molecule has 2 heterocycles. The van der Waals surface area contributed by atoms with Crippen LogP contribution in [0, 0.1) is 0 Å². The third kappa shape index (κ3) is 3.60. The molecule has 0 saturated heterocycles. The number of nitrogens with zero attached hydrogens (tertiary/aromatic N) is 1. The molecule has 2 aromatic rings. The third-order valence-corrected chi connectivity index (χ3v) is 3.82. The van der Waals surface area contributed by atoms with Gasteiger partial charge in [0.25, 0.3) is 0 Å². The van der Waals surface area contributed by atoms with Gasteiger partial charge in [-0.2, -0.15) is 11.3 Å². The minimum absolute atomic E-state index is 0.0910. The minimum atomic E-state index is -1.13. The van der Waals surface area contributed by atoms with Crippen molar-refractivity contribution in [2.45, 2.75) is 12.5 Å². The van der Waals surface area contributed by atoms with Gasteiger partial charge in [0.05, 0.1) is 6.04 Å². The SMILES string of the molecule is NC(Cc1ccsc1)C(=O)Nc1nc(C(=O)O)cs1. The second-order valence-electron chi connectivity index (χ2n) is 3.77. The average Bonchev–Trinajstić information content (AvgIpc) is 2.99. The van der Waals surface area contributed by atoms with E-state index in [0.29, 0.717) is 6.42 Å². The summed E-state index contributed by atoms with van der Waals surface area (Å²) in [4.78, 5) is 26.2. The van der Waals surface area contributed by atoms with Crippen LogP contribution in [0.1, 0.15) is 16.1 Å². The number of carbonyl (C=O) groups excluding carboxylic acids is 1. The van der Waals surface area contributed by atoms with Crippen LogP contribution in [-0.4, -0.2) is 28.0 Å². The lowest BCUT2D eigenvalue weighted by Gasteiger charge is -2.09. The molecule has 2 aromatic heterocycles. The van der Waals surface area contributed by atoms with Gasteiger partial charge in [-0.25, -0.2) is 9.78 Å². The highest BCUT2D eigenvalue weighted by atomic mass is 32.1. The van der Waals surface area contributed by atoms with E-state index in [-0.39, 0.29) is 16.7 Å². The summed E-state index contributed by atoms with van der Waals surface area (Å²) in [6.45, 7) is 0. The number of amides is 1. The molecule has 2 rings (SSSR count). The van der Waals surface area contributed by atoms with Crippen molar-refractivity contribution in [3.8, 4) is 0 Å². The van der Waals surface area contributed by atoms with Crippen molar-refractivity contribution in [3.05, 3.63) is 33.5 Å². The van der Waals surface area contributed by atoms with Crippen molar-refractivity contribution in [1.82, 2.24) is 4.98 Å². The van der Waals surface area contributed by atoms with Gasteiger partial charge in [-0.05, 0) is 28.8 Å². The first-order valence-corrected chi connectivity index (χ1v) is 7.15. The van der Waals surface area contributed by atoms with E-state index in [0.717, 1.165) is 16.9 Å². The van der Waals surface area contributed by atoms with E-state index in [4.69, 9.17) is 10.8 Å². The predicted octanol–water partition coefficient (Wildman–Crippen LogP) is 1.41. The summed E-state index contributed by atoms with van der Waals surface area (Å²) in [5, 5.41) is 16.7. The summed E-state index contributed by atoms with van der Waals surface area (Å²) in [5.74, 6) is -1.50.